The maximum absolute atomic E-state index is 13.5. The van der Waals surface area contributed by atoms with Crippen molar-refractivity contribution >= 4 is 39.7 Å². The Hall–Kier alpha value is -2.95. The molecule has 9 nitrogen and oxygen atoms in total. The normalized spacial score (nSPS) is 16.8. The van der Waals surface area contributed by atoms with Gasteiger partial charge in [0, 0.05) is 19.0 Å². The number of aryl methyl sites for hydroxylation is 1. The lowest BCUT2D eigenvalue weighted by atomic mass is 10.1. The van der Waals surface area contributed by atoms with E-state index in [1.807, 2.05) is 6.92 Å². The molecule has 1 aliphatic heterocycles. The molecule has 0 bridgehead atoms. The molecule has 1 atom stereocenters. The smallest absolute Gasteiger partial charge is 0.306 e. The number of carbonyl (C=O) groups is 2. The molecular formula is C15H14FN5O4S. The fraction of sp³-hybridized carbons (Fsp3) is 0.333. The number of carbonyl (C=O) groups excluding carboxylic acids is 2. The van der Waals surface area contributed by atoms with Gasteiger partial charge in [0.15, 0.2) is 0 Å². The molecule has 1 N–H and O–H groups in total. The van der Waals surface area contributed by atoms with Gasteiger partial charge in [-0.3, -0.25) is 19.7 Å². The van der Waals surface area contributed by atoms with Gasteiger partial charge < -0.3 is 10.2 Å². The molecule has 1 unspecified atom stereocenters. The van der Waals surface area contributed by atoms with Crippen LogP contribution in [0.15, 0.2) is 18.2 Å². The van der Waals surface area contributed by atoms with Gasteiger partial charge >= 0.3 is 5.69 Å². The van der Waals surface area contributed by atoms with Crippen LogP contribution in [0, 0.1) is 21.8 Å². The predicted octanol–water partition coefficient (Wildman–Crippen LogP) is 2.14. The molecule has 0 radical (unpaired) electrons. The molecule has 1 saturated heterocycles. The first kappa shape index (κ1) is 17.9. The van der Waals surface area contributed by atoms with E-state index >= 15 is 0 Å². The second-order valence-corrected chi connectivity index (χ2v) is 6.70. The molecular weight excluding hydrogens is 365 g/mol. The molecule has 1 aromatic carbocycles. The van der Waals surface area contributed by atoms with Gasteiger partial charge in [0.25, 0.3) is 0 Å². The van der Waals surface area contributed by atoms with E-state index in [4.69, 9.17) is 0 Å². The number of hydrogen-bond donors (Lipinski definition) is 1. The highest BCUT2D eigenvalue weighted by Gasteiger charge is 2.36. The molecule has 1 aliphatic rings. The Labute approximate surface area is 151 Å². The van der Waals surface area contributed by atoms with E-state index in [1.165, 1.54) is 22.3 Å². The van der Waals surface area contributed by atoms with Crippen molar-refractivity contribution in [2.45, 2.75) is 19.8 Å². The van der Waals surface area contributed by atoms with Crippen molar-refractivity contribution in [3.8, 4) is 0 Å². The number of aromatic nitrogens is 2. The van der Waals surface area contributed by atoms with Crippen LogP contribution in [-0.2, 0) is 16.0 Å². The highest BCUT2D eigenvalue weighted by Crippen LogP contribution is 2.30. The Morgan fingerprint density at radius 1 is 1.50 bits per heavy atom. The van der Waals surface area contributed by atoms with Gasteiger partial charge in [-0.15, -0.1) is 10.2 Å². The SMILES string of the molecule is CCc1nnc(NC(=O)C2CC(=O)N(c3ccc(F)c([N+](=O)[O-])c3)C2)s1. The van der Waals surface area contributed by atoms with Crippen LogP contribution in [0.25, 0.3) is 0 Å². The summed E-state index contributed by atoms with van der Waals surface area (Å²) in [5, 5.41) is 22.4. The van der Waals surface area contributed by atoms with Crippen molar-refractivity contribution in [2.24, 2.45) is 5.92 Å². The standard InChI is InChI=1S/C15H14FN5O4S/c1-2-12-18-19-15(26-12)17-14(23)8-5-13(22)20(7-8)9-3-4-10(16)11(6-9)21(24)25/h3-4,6,8H,2,5,7H2,1H3,(H,17,19,23). The summed E-state index contributed by atoms with van der Waals surface area (Å²) in [6.45, 7) is 1.97. The zero-order valence-corrected chi connectivity index (χ0v) is 14.5. The third-order valence-corrected chi connectivity index (χ3v) is 4.92. The van der Waals surface area contributed by atoms with Crippen molar-refractivity contribution in [3.63, 3.8) is 0 Å². The molecule has 136 valence electrons. The zero-order chi connectivity index (χ0) is 18.8. The topological polar surface area (TPSA) is 118 Å². The third-order valence-electron chi connectivity index (χ3n) is 3.93. The molecule has 2 heterocycles. The number of anilines is 2. The molecule has 0 aliphatic carbocycles. The van der Waals surface area contributed by atoms with Gasteiger partial charge in [-0.1, -0.05) is 18.3 Å². The van der Waals surface area contributed by atoms with Crippen LogP contribution in [-0.4, -0.2) is 33.5 Å². The largest absolute Gasteiger partial charge is 0.311 e. The fourth-order valence-electron chi connectivity index (χ4n) is 2.60. The summed E-state index contributed by atoms with van der Waals surface area (Å²) in [6, 6.07) is 3.20. The zero-order valence-electron chi connectivity index (χ0n) is 13.6. The van der Waals surface area contributed by atoms with Gasteiger partial charge in [-0.2, -0.15) is 4.39 Å². The third kappa shape index (κ3) is 3.52. The molecule has 26 heavy (non-hydrogen) atoms. The molecule has 1 aromatic heterocycles. The molecule has 0 spiro atoms. The van der Waals surface area contributed by atoms with Crippen molar-refractivity contribution in [3.05, 3.63) is 39.1 Å². The average Bonchev–Trinajstić information content (AvgIpc) is 3.21. The van der Waals surface area contributed by atoms with Crippen LogP contribution in [0.1, 0.15) is 18.4 Å². The first-order valence-corrected chi connectivity index (χ1v) is 8.58. The number of nitrogens with one attached hydrogen (secondary N) is 1. The first-order chi connectivity index (χ1) is 12.4. The van der Waals surface area contributed by atoms with Gasteiger partial charge in [-0.05, 0) is 18.6 Å². The monoisotopic (exact) mass is 379 g/mol. The summed E-state index contributed by atoms with van der Waals surface area (Å²) < 4.78 is 13.5. The van der Waals surface area contributed by atoms with Crippen LogP contribution in [0.5, 0.6) is 0 Å². The Balaban J connectivity index is 1.73. The van der Waals surface area contributed by atoms with E-state index in [1.54, 1.807) is 0 Å². The quantitative estimate of drug-likeness (QED) is 0.628. The number of nitrogens with zero attached hydrogens (tertiary/aromatic N) is 4. The Kier molecular flexibility index (Phi) is 4.89. The van der Waals surface area contributed by atoms with Gasteiger partial charge in [0.2, 0.25) is 22.8 Å². The number of rotatable bonds is 5. The lowest BCUT2D eigenvalue weighted by molar-refractivity contribution is -0.387. The maximum Gasteiger partial charge on any atom is 0.306 e. The first-order valence-electron chi connectivity index (χ1n) is 7.76. The number of halogens is 1. The Morgan fingerprint density at radius 3 is 2.92 bits per heavy atom. The number of amides is 2. The van der Waals surface area contributed by atoms with Gasteiger partial charge in [0.05, 0.1) is 16.5 Å². The van der Waals surface area contributed by atoms with Gasteiger partial charge in [-0.25, -0.2) is 0 Å². The lowest BCUT2D eigenvalue weighted by Crippen LogP contribution is -2.28. The molecule has 0 saturated carbocycles. The number of nitro groups is 1. The summed E-state index contributed by atoms with van der Waals surface area (Å²) in [7, 11) is 0. The van der Waals surface area contributed by atoms with Crippen molar-refractivity contribution in [2.75, 3.05) is 16.8 Å². The number of benzene rings is 1. The van der Waals surface area contributed by atoms with Crippen LogP contribution < -0.4 is 10.2 Å². The predicted molar refractivity (Wildman–Crippen MR) is 91.4 cm³/mol. The Morgan fingerprint density at radius 2 is 2.27 bits per heavy atom. The minimum Gasteiger partial charge on any atom is -0.311 e. The fourth-order valence-corrected chi connectivity index (χ4v) is 3.28. The van der Waals surface area contributed by atoms with Crippen LogP contribution >= 0.6 is 11.3 Å². The van der Waals surface area contributed by atoms with Crippen LogP contribution in [0.3, 0.4) is 0 Å². The summed E-state index contributed by atoms with van der Waals surface area (Å²) in [5.74, 6) is -2.36. The molecule has 11 heteroatoms. The van der Waals surface area contributed by atoms with E-state index in [0.717, 1.165) is 17.1 Å². The summed E-state index contributed by atoms with van der Waals surface area (Å²) >= 11 is 1.26. The van der Waals surface area contributed by atoms with E-state index in [2.05, 4.69) is 15.5 Å². The maximum atomic E-state index is 13.5. The van der Waals surface area contributed by atoms with Crippen molar-refractivity contribution in [1.29, 1.82) is 0 Å². The second kappa shape index (κ2) is 7.12. The van der Waals surface area contributed by atoms with E-state index in [0.29, 0.717) is 11.6 Å². The van der Waals surface area contributed by atoms with Crippen LogP contribution in [0.2, 0.25) is 0 Å². The van der Waals surface area contributed by atoms with Crippen molar-refractivity contribution in [1.82, 2.24) is 10.2 Å². The highest BCUT2D eigenvalue weighted by molar-refractivity contribution is 7.15. The Bertz CT molecular complexity index is 887. The van der Waals surface area contributed by atoms with E-state index in [-0.39, 0.29) is 30.5 Å². The summed E-state index contributed by atoms with van der Waals surface area (Å²) in [5.41, 5.74) is -0.535. The summed E-state index contributed by atoms with van der Waals surface area (Å²) in [6.07, 6.45) is 0.656. The second-order valence-electron chi connectivity index (χ2n) is 5.64. The molecule has 2 amide bonds. The summed E-state index contributed by atoms with van der Waals surface area (Å²) in [4.78, 5) is 35.8. The molecule has 1 fully saturated rings. The van der Waals surface area contributed by atoms with Crippen LogP contribution in [0.4, 0.5) is 20.9 Å². The minimum absolute atomic E-state index is 0.0452. The van der Waals surface area contributed by atoms with E-state index in [9.17, 15) is 24.1 Å². The number of nitro benzene ring substituents is 1. The molecule has 2 aromatic rings. The highest BCUT2D eigenvalue weighted by atomic mass is 32.1. The number of hydrogen-bond acceptors (Lipinski definition) is 7. The minimum atomic E-state index is -0.984. The van der Waals surface area contributed by atoms with Crippen molar-refractivity contribution < 1.29 is 18.9 Å². The average molecular weight is 379 g/mol. The molecule has 3 rings (SSSR count). The lowest BCUT2D eigenvalue weighted by Gasteiger charge is -2.16. The van der Waals surface area contributed by atoms with E-state index < -0.39 is 22.3 Å². The van der Waals surface area contributed by atoms with Gasteiger partial charge in [0.1, 0.15) is 5.01 Å².